The van der Waals surface area contributed by atoms with Gasteiger partial charge < -0.3 is 5.32 Å². The van der Waals surface area contributed by atoms with E-state index in [-0.39, 0.29) is 0 Å². The Labute approximate surface area is 96.3 Å². The highest BCUT2D eigenvalue weighted by atomic mass is 32.1. The summed E-state index contributed by atoms with van der Waals surface area (Å²) in [5.41, 5.74) is 0. The maximum Gasteiger partial charge on any atom is 0.119 e. The third-order valence-electron chi connectivity index (χ3n) is 2.15. The van der Waals surface area contributed by atoms with Gasteiger partial charge in [-0.05, 0) is 25.9 Å². The molecule has 1 rings (SSSR count). The molecule has 0 aromatic carbocycles. The second-order valence-corrected chi connectivity index (χ2v) is 5.14. The fourth-order valence-corrected chi connectivity index (χ4v) is 2.15. The highest BCUT2D eigenvalue weighted by molar-refractivity contribution is 7.11. The topological polar surface area (TPSA) is 37.8 Å². The smallest absolute Gasteiger partial charge is 0.119 e. The summed E-state index contributed by atoms with van der Waals surface area (Å²) in [7, 11) is 0. The second-order valence-electron chi connectivity index (χ2n) is 4.04. The average molecular weight is 227 g/mol. The van der Waals surface area contributed by atoms with E-state index in [9.17, 15) is 0 Å². The van der Waals surface area contributed by atoms with Crippen molar-refractivity contribution in [3.8, 4) is 0 Å². The summed E-state index contributed by atoms with van der Waals surface area (Å²) in [6.07, 6.45) is 3.42. The van der Waals surface area contributed by atoms with E-state index in [1.165, 1.54) is 11.4 Å². The van der Waals surface area contributed by atoms with Crippen LogP contribution in [0.3, 0.4) is 0 Å². The average Bonchev–Trinajstić information content (AvgIpc) is 2.66. The minimum Gasteiger partial charge on any atom is -0.317 e. The van der Waals surface area contributed by atoms with Crippen LogP contribution in [0, 0.1) is 0 Å². The quantitative estimate of drug-likeness (QED) is 0.728. The molecule has 0 aliphatic heterocycles. The minimum atomic E-state index is 0.509. The van der Waals surface area contributed by atoms with Crippen molar-refractivity contribution in [3.05, 3.63) is 10.0 Å². The highest BCUT2D eigenvalue weighted by Gasteiger charge is 2.06. The lowest BCUT2D eigenvalue weighted by atomic mass is 10.2. The molecule has 3 nitrogen and oxygen atoms in total. The van der Waals surface area contributed by atoms with Gasteiger partial charge in [-0.2, -0.15) is 0 Å². The van der Waals surface area contributed by atoms with Crippen molar-refractivity contribution >= 4 is 11.3 Å². The van der Waals surface area contributed by atoms with Crippen LogP contribution in [-0.2, 0) is 6.42 Å². The molecule has 1 heterocycles. The molecule has 0 aliphatic carbocycles. The van der Waals surface area contributed by atoms with Crippen LogP contribution in [0.1, 0.15) is 49.5 Å². The van der Waals surface area contributed by atoms with Crippen LogP contribution in [-0.4, -0.2) is 23.3 Å². The summed E-state index contributed by atoms with van der Waals surface area (Å²) in [4.78, 5) is 0. The lowest BCUT2D eigenvalue weighted by Crippen LogP contribution is -2.16. The van der Waals surface area contributed by atoms with Crippen molar-refractivity contribution in [2.24, 2.45) is 0 Å². The standard InChI is InChI=1S/C11H21N3S/c1-4-7-12-8-5-6-10-13-14-11(15-10)9(2)3/h9,12H,4-8H2,1-3H3. The molecule has 0 spiro atoms. The summed E-state index contributed by atoms with van der Waals surface area (Å²) < 4.78 is 0. The number of hydrogen-bond acceptors (Lipinski definition) is 4. The zero-order valence-corrected chi connectivity index (χ0v) is 10.7. The molecule has 0 radical (unpaired) electrons. The summed E-state index contributed by atoms with van der Waals surface area (Å²) in [5, 5.41) is 14.1. The first-order valence-corrected chi connectivity index (χ1v) is 6.58. The van der Waals surface area contributed by atoms with E-state index in [1.807, 2.05) is 0 Å². The third kappa shape index (κ3) is 4.71. The molecule has 0 bridgehead atoms. The van der Waals surface area contributed by atoms with Gasteiger partial charge >= 0.3 is 0 Å². The molecule has 0 saturated carbocycles. The van der Waals surface area contributed by atoms with Crippen LogP contribution in [0.25, 0.3) is 0 Å². The molecule has 1 aromatic heterocycles. The van der Waals surface area contributed by atoms with Crippen LogP contribution < -0.4 is 5.32 Å². The van der Waals surface area contributed by atoms with Crippen LogP contribution in [0.15, 0.2) is 0 Å². The zero-order valence-electron chi connectivity index (χ0n) is 9.92. The SMILES string of the molecule is CCCNCCCc1nnc(C(C)C)s1. The van der Waals surface area contributed by atoms with E-state index in [0.717, 1.165) is 30.9 Å². The summed E-state index contributed by atoms with van der Waals surface area (Å²) in [6.45, 7) is 8.71. The predicted octanol–water partition coefficient (Wildman–Crippen LogP) is 2.59. The van der Waals surface area contributed by atoms with Crippen molar-refractivity contribution < 1.29 is 0 Å². The molecule has 0 amide bonds. The Morgan fingerprint density at radius 2 is 2.07 bits per heavy atom. The molecule has 0 aliphatic rings. The summed E-state index contributed by atoms with van der Waals surface area (Å²) in [6, 6.07) is 0. The first-order chi connectivity index (χ1) is 7.24. The Balaban J connectivity index is 2.20. The van der Waals surface area contributed by atoms with Gasteiger partial charge in [0.1, 0.15) is 10.0 Å². The van der Waals surface area contributed by atoms with E-state index >= 15 is 0 Å². The lowest BCUT2D eigenvalue weighted by Gasteiger charge is -2.00. The molecule has 0 fully saturated rings. The van der Waals surface area contributed by atoms with Crippen LogP contribution in [0.5, 0.6) is 0 Å². The number of hydrogen-bond donors (Lipinski definition) is 1. The third-order valence-corrected chi connectivity index (χ3v) is 3.43. The predicted molar refractivity (Wildman–Crippen MR) is 65.5 cm³/mol. The monoisotopic (exact) mass is 227 g/mol. The fraction of sp³-hybridized carbons (Fsp3) is 0.818. The molecular weight excluding hydrogens is 206 g/mol. The normalized spacial score (nSPS) is 11.2. The van der Waals surface area contributed by atoms with E-state index in [0.29, 0.717) is 5.92 Å². The van der Waals surface area contributed by atoms with Gasteiger partial charge in [-0.25, -0.2) is 0 Å². The Kier molecular flexibility index (Phi) is 5.79. The van der Waals surface area contributed by atoms with Crippen LogP contribution in [0.4, 0.5) is 0 Å². The van der Waals surface area contributed by atoms with Crippen molar-refractivity contribution in [2.45, 2.75) is 46.0 Å². The van der Waals surface area contributed by atoms with Gasteiger partial charge in [-0.1, -0.05) is 20.8 Å². The van der Waals surface area contributed by atoms with Crippen molar-refractivity contribution in [1.29, 1.82) is 0 Å². The van der Waals surface area contributed by atoms with Gasteiger partial charge in [0.2, 0.25) is 0 Å². The second kappa shape index (κ2) is 6.90. The molecular formula is C11H21N3S. The van der Waals surface area contributed by atoms with E-state index in [1.54, 1.807) is 11.3 Å². The number of nitrogens with zero attached hydrogens (tertiary/aromatic N) is 2. The van der Waals surface area contributed by atoms with E-state index in [4.69, 9.17) is 0 Å². The number of nitrogens with one attached hydrogen (secondary N) is 1. The van der Waals surface area contributed by atoms with Gasteiger partial charge in [0.25, 0.3) is 0 Å². The van der Waals surface area contributed by atoms with Gasteiger partial charge in [0, 0.05) is 12.3 Å². The first kappa shape index (κ1) is 12.6. The molecule has 86 valence electrons. The van der Waals surface area contributed by atoms with Crippen molar-refractivity contribution in [2.75, 3.05) is 13.1 Å². The molecule has 0 saturated heterocycles. The van der Waals surface area contributed by atoms with E-state index < -0.39 is 0 Å². The minimum absolute atomic E-state index is 0.509. The van der Waals surface area contributed by atoms with Gasteiger partial charge in [-0.3, -0.25) is 0 Å². The molecule has 0 atom stereocenters. The first-order valence-electron chi connectivity index (χ1n) is 5.77. The Bertz CT molecular complexity index is 271. The van der Waals surface area contributed by atoms with Crippen LogP contribution in [0.2, 0.25) is 0 Å². The number of rotatable bonds is 7. The Morgan fingerprint density at radius 1 is 1.27 bits per heavy atom. The molecule has 0 unspecified atom stereocenters. The molecule has 4 heteroatoms. The maximum atomic E-state index is 4.20. The molecule has 1 N–H and O–H groups in total. The van der Waals surface area contributed by atoms with Crippen molar-refractivity contribution in [1.82, 2.24) is 15.5 Å². The Morgan fingerprint density at radius 3 is 2.67 bits per heavy atom. The van der Waals surface area contributed by atoms with Gasteiger partial charge in [0.15, 0.2) is 0 Å². The van der Waals surface area contributed by atoms with E-state index in [2.05, 4.69) is 36.3 Å². The molecule has 15 heavy (non-hydrogen) atoms. The largest absolute Gasteiger partial charge is 0.317 e. The van der Waals surface area contributed by atoms with Crippen molar-refractivity contribution in [3.63, 3.8) is 0 Å². The van der Waals surface area contributed by atoms with Gasteiger partial charge in [-0.15, -0.1) is 21.5 Å². The highest BCUT2D eigenvalue weighted by Crippen LogP contribution is 2.19. The Hall–Kier alpha value is -0.480. The maximum absolute atomic E-state index is 4.20. The number of aromatic nitrogens is 2. The zero-order chi connectivity index (χ0) is 11.1. The summed E-state index contributed by atoms with van der Waals surface area (Å²) >= 11 is 1.75. The lowest BCUT2D eigenvalue weighted by molar-refractivity contribution is 0.637. The van der Waals surface area contributed by atoms with Gasteiger partial charge in [0.05, 0.1) is 0 Å². The molecule has 1 aromatic rings. The van der Waals surface area contributed by atoms with Crippen LogP contribution >= 0.6 is 11.3 Å². The summed E-state index contributed by atoms with van der Waals surface area (Å²) in [5.74, 6) is 0.509. The fourth-order valence-electron chi connectivity index (χ4n) is 1.27. The number of aryl methyl sites for hydroxylation is 1.